The molecule has 0 aliphatic heterocycles. The summed E-state index contributed by atoms with van der Waals surface area (Å²) in [4.78, 5) is 0. The van der Waals surface area contributed by atoms with Gasteiger partial charge >= 0.3 is 0 Å². The fraction of sp³-hybridized carbons (Fsp3) is 0.600. The highest BCUT2D eigenvalue weighted by atomic mass is 16.3. The fourth-order valence-corrected chi connectivity index (χ4v) is 1.94. The Morgan fingerprint density at radius 3 is 2.47 bits per heavy atom. The largest absolute Gasteiger partial charge is 0.396 e. The van der Waals surface area contributed by atoms with E-state index in [1.807, 2.05) is 0 Å². The van der Waals surface area contributed by atoms with Crippen LogP contribution in [0.5, 0.6) is 0 Å². The average molecular weight is 235 g/mol. The first kappa shape index (κ1) is 14.2. The molecule has 0 bridgehead atoms. The molecular formula is C15H25NO. The predicted octanol–water partition coefficient (Wildman–Crippen LogP) is 2.57. The lowest BCUT2D eigenvalue weighted by Gasteiger charge is -2.26. The molecule has 0 heterocycles. The molecule has 96 valence electrons. The molecule has 0 fully saturated rings. The van der Waals surface area contributed by atoms with Crippen molar-refractivity contribution in [3.05, 3.63) is 35.9 Å². The maximum Gasteiger partial charge on any atom is 0.0434 e. The summed E-state index contributed by atoms with van der Waals surface area (Å²) in [6, 6.07) is 10.6. The van der Waals surface area contributed by atoms with Crippen LogP contribution in [0.3, 0.4) is 0 Å². The van der Waals surface area contributed by atoms with E-state index in [1.54, 1.807) is 0 Å². The van der Waals surface area contributed by atoms with Crippen LogP contribution in [0.1, 0.15) is 32.8 Å². The van der Waals surface area contributed by atoms with Crippen molar-refractivity contribution >= 4 is 0 Å². The SMILES string of the molecule is CC(CCO)CNCC(C)(C)c1ccccc1. The summed E-state index contributed by atoms with van der Waals surface area (Å²) in [7, 11) is 0. The van der Waals surface area contributed by atoms with Gasteiger partial charge < -0.3 is 10.4 Å². The van der Waals surface area contributed by atoms with Crippen molar-refractivity contribution in [2.75, 3.05) is 19.7 Å². The molecule has 2 nitrogen and oxygen atoms in total. The Balaban J connectivity index is 2.40. The monoisotopic (exact) mass is 235 g/mol. The third kappa shape index (κ3) is 4.88. The zero-order valence-electron chi connectivity index (χ0n) is 11.2. The Morgan fingerprint density at radius 1 is 1.24 bits per heavy atom. The lowest BCUT2D eigenvalue weighted by molar-refractivity contribution is 0.258. The molecule has 0 amide bonds. The molecule has 17 heavy (non-hydrogen) atoms. The Bertz CT molecular complexity index is 308. The van der Waals surface area contributed by atoms with Crippen LogP contribution in [0.25, 0.3) is 0 Å². The van der Waals surface area contributed by atoms with Crippen LogP contribution < -0.4 is 5.32 Å². The molecule has 0 saturated heterocycles. The quantitative estimate of drug-likeness (QED) is 0.761. The third-order valence-electron chi connectivity index (χ3n) is 3.24. The van der Waals surface area contributed by atoms with E-state index in [4.69, 9.17) is 5.11 Å². The Kier molecular flexibility index (Phi) is 5.66. The molecule has 1 unspecified atom stereocenters. The molecule has 2 heteroatoms. The lowest BCUT2D eigenvalue weighted by Crippen LogP contribution is -2.35. The van der Waals surface area contributed by atoms with E-state index in [2.05, 4.69) is 56.4 Å². The summed E-state index contributed by atoms with van der Waals surface area (Å²) < 4.78 is 0. The number of hydrogen-bond acceptors (Lipinski definition) is 2. The van der Waals surface area contributed by atoms with Gasteiger partial charge in [-0.3, -0.25) is 0 Å². The molecule has 1 aromatic carbocycles. The highest BCUT2D eigenvalue weighted by Crippen LogP contribution is 2.21. The molecule has 0 spiro atoms. The standard InChI is InChI=1S/C15H25NO/c1-13(9-10-17)11-16-12-15(2,3)14-7-5-4-6-8-14/h4-8,13,16-17H,9-12H2,1-3H3. The number of aliphatic hydroxyl groups is 1. The van der Waals surface area contributed by atoms with Crippen LogP contribution in [0.15, 0.2) is 30.3 Å². The van der Waals surface area contributed by atoms with Crippen molar-refractivity contribution in [3.63, 3.8) is 0 Å². The van der Waals surface area contributed by atoms with Crippen LogP contribution >= 0.6 is 0 Å². The van der Waals surface area contributed by atoms with Gasteiger partial charge in [0.05, 0.1) is 0 Å². The van der Waals surface area contributed by atoms with Gasteiger partial charge in [-0.1, -0.05) is 51.1 Å². The zero-order chi connectivity index (χ0) is 12.7. The first-order chi connectivity index (χ1) is 8.06. The summed E-state index contributed by atoms with van der Waals surface area (Å²) in [5.41, 5.74) is 1.52. The van der Waals surface area contributed by atoms with Crippen LogP contribution in [0.2, 0.25) is 0 Å². The molecule has 0 saturated carbocycles. The topological polar surface area (TPSA) is 32.3 Å². The number of nitrogens with one attached hydrogen (secondary N) is 1. The lowest BCUT2D eigenvalue weighted by atomic mass is 9.84. The van der Waals surface area contributed by atoms with Gasteiger partial charge in [-0.15, -0.1) is 0 Å². The van der Waals surface area contributed by atoms with Gasteiger partial charge in [0.1, 0.15) is 0 Å². The van der Waals surface area contributed by atoms with Crippen molar-refractivity contribution in [3.8, 4) is 0 Å². The second kappa shape index (κ2) is 6.77. The first-order valence-electron chi connectivity index (χ1n) is 6.43. The maximum absolute atomic E-state index is 8.85. The molecule has 0 aliphatic rings. The highest BCUT2D eigenvalue weighted by Gasteiger charge is 2.19. The number of aliphatic hydroxyl groups excluding tert-OH is 1. The van der Waals surface area contributed by atoms with Crippen LogP contribution in [0.4, 0.5) is 0 Å². The van der Waals surface area contributed by atoms with Crippen LogP contribution in [-0.4, -0.2) is 24.8 Å². The minimum Gasteiger partial charge on any atom is -0.396 e. The third-order valence-corrected chi connectivity index (χ3v) is 3.24. The van der Waals surface area contributed by atoms with E-state index < -0.39 is 0 Å². The summed E-state index contributed by atoms with van der Waals surface area (Å²) in [5, 5.41) is 12.3. The van der Waals surface area contributed by atoms with Crippen molar-refractivity contribution in [2.24, 2.45) is 5.92 Å². The maximum atomic E-state index is 8.85. The highest BCUT2D eigenvalue weighted by molar-refractivity contribution is 5.23. The zero-order valence-corrected chi connectivity index (χ0v) is 11.2. The van der Waals surface area contributed by atoms with Crippen LogP contribution in [0, 0.1) is 5.92 Å². The Hall–Kier alpha value is -0.860. The average Bonchev–Trinajstić information content (AvgIpc) is 2.30. The Morgan fingerprint density at radius 2 is 1.88 bits per heavy atom. The molecule has 1 aromatic rings. The van der Waals surface area contributed by atoms with Crippen molar-refractivity contribution in [2.45, 2.75) is 32.6 Å². The number of rotatable bonds is 7. The second-order valence-corrected chi connectivity index (χ2v) is 5.50. The van der Waals surface area contributed by atoms with E-state index in [9.17, 15) is 0 Å². The Labute approximate surface area is 105 Å². The summed E-state index contributed by atoms with van der Waals surface area (Å²) in [6.45, 7) is 8.89. The molecule has 1 atom stereocenters. The summed E-state index contributed by atoms with van der Waals surface area (Å²) in [5.74, 6) is 0.534. The van der Waals surface area contributed by atoms with E-state index >= 15 is 0 Å². The first-order valence-corrected chi connectivity index (χ1v) is 6.43. The van der Waals surface area contributed by atoms with E-state index in [0.29, 0.717) is 5.92 Å². The van der Waals surface area contributed by atoms with Gasteiger partial charge in [0, 0.05) is 18.6 Å². The minimum atomic E-state index is 0.153. The summed E-state index contributed by atoms with van der Waals surface area (Å²) in [6.07, 6.45) is 0.874. The van der Waals surface area contributed by atoms with E-state index in [0.717, 1.165) is 19.5 Å². The summed E-state index contributed by atoms with van der Waals surface area (Å²) >= 11 is 0. The van der Waals surface area contributed by atoms with Gasteiger partial charge in [-0.05, 0) is 24.4 Å². The van der Waals surface area contributed by atoms with Gasteiger partial charge in [-0.25, -0.2) is 0 Å². The fourth-order valence-electron chi connectivity index (χ4n) is 1.94. The van der Waals surface area contributed by atoms with Crippen molar-refractivity contribution < 1.29 is 5.11 Å². The van der Waals surface area contributed by atoms with Gasteiger partial charge in [0.2, 0.25) is 0 Å². The minimum absolute atomic E-state index is 0.153. The molecule has 0 aromatic heterocycles. The smallest absolute Gasteiger partial charge is 0.0434 e. The molecular weight excluding hydrogens is 210 g/mol. The van der Waals surface area contributed by atoms with Crippen molar-refractivity contribution in [1.29, 1.82) is 0 Å². The molecule has 2 N–H and O–H groups in total. The number of hydrogen-bond donors (Lipinski definition) is 2. The van der Waals surface area contributed by atoms with Gasteiger partial charge in [0.25, 0.3) is 0 Å². The normalized spacial score (nSPS) is 13.6. The number of benzene rings is 1. The van der Waals surface area contributed by atoms with E-state index in [-0.39, 0.29) is 12.0 Å². The molecule has 1 rings (SSSR count). The van der Waals surface area contributed by atoms with Crippen molar-refractivity contribution in [1.82, 2.24) is 5.32 Å². The molecule has 0 aliphatic carbocycles. The second-order valence-electron chi connectivity index (χ2n) is 5.50. The van der Waals surface area contributed by atoms with Crippen LogP contribution in [-0.2, 0) is 5.41 Å². The van der Waals surface area contributed by atoms with Gasteiger partial charge in [0.15, 0.2) is 0 Å². The van der Waals surface area contributed by atoms with Gasteiger partial charge in [-0.2, -0.15) is 0 Å². The predicted molar refractivity (Wildman–Crippen MR) is 73.2 cm³/mol. The van der Waals surface area contributed by atoms with E-state index in [1.165, 1.54) is 5.56 Å². The molecule has 0 radical (unpaired) electrons.